The Kier molecular flexibility index (Phi) is 6.29. The molecule has 0 bridgehead atoms. The molecule has 0 unspecified atom stereocenters. The molecule has 9 aromatic carbocycles. The van der Waals surface area contributed by atoms with Gasteiger partial charge in [0.1, 0.15) is 0 Å². The van der Waals surface area contributed by atoms with E-state index in [0.29, 0.717) is 0 Å². The third kappa shape index (κ3) is 4.40. The predicted octanol–water partition coefficient (Wildman–Crippen LogP) is 13.7. The zero-order valence-electron chi connectivity index (χ0n) is 28.2. The van der Waals surface area contributed by atoms with Crippen LogP contribution in [0.5, 0.6) is 0 Å². The molecule has 1 heteroatoms. The highest BCUT2D eigenvalue weighted by Gasteiger charge is 2.35. The molecule has 236 valence electrons. The van der Waals surface area contributed by atoms with Gasteiger partial charge in [-0.3, -0.25) is 0 Å². The lowest BCUT2D eigenvalue weighted by atomic mass is 9.82. The standard InChI is InChI=1S/C49H35N/c1-49(2)47-14-8-7-13-45(47)46-31-40(24-28-48(46)49)50(38-21-17-33(18-22-38)36-16-15-32-9-3-4-11-35(32)29-36)39-23-27-42-37(30-39)20-26-43-41-12-6-5-10-34(41)19-25-44(42)43/h3-31H,1-2H3. The summed E-state index contributed by atoms with van der Waals surface area (Å²) in [5.74, 6) is 0. The summed E-state index contributed by atoms with van der Waals surface area (Å²) in [6, 6.07) is 65.1. The van der Waals surface area contributed by atoms with Gasteiger partial charge in [0.2, 0.25) is 0 Å². The van der Waals surface area contributed by atoms with Gasteiger partial charge in [-0.05, 0) is 119 Å². The second-order valence-corrected chi connectivity index (χ2v) is 14.2. The molecule has 0 aromatic heterocycles. The summed E-state index contributed by atoms with van der Waals surface area (Å²) in [7, 11) is 0. The largest absolute Gasteiger partial charge is 0.310 e. The molecule has 50 heavy (non-hydrogen) atoms. The zero-order valence-corrected chi connectivity index (χ0v) is 28.2. The number of fused-ring (bicyclic) bond motifs is 9. The van der Waals surface area contributed by atoms with Gasteiger partial charge in [-0.2, -0.15) is 0 Å². The van der Waals surface area contributed by atoms with Crippen LogP contribution in [0.25, 0.3) is 65.3 Å². The molecule has 0 spiro atoms. The van der Waals surface area contributed by atoms with E-state index in [-0.39, 0.29) is 5.41 Å². The molecule has 0 aliphatic heterocycles. The Labute approximate surface area is 292 Å². The summed E-state index contributed by atoms with van der Waals surface area (Å²) < 4.78 is 0. The van der Waals surface area contributed by atoms with Crippen LogP contribution in [-0.2, 0) is 5.41 Å². The van der Waals surface area contributed by atoms with E-state index in [2.05, 4.69) is 195 Å². The number of hydrogen-bond acceptors (Lipinski definition) is 1. The molecule has 0 amide bonds. The highest BCUT2D eigenvalue weighted by atomic mass is 15.1. The van der Waals surface area contributed by atoms with E-state index in [0.717, 1.165) is 17.1 Å². The Morgan fingerprint density at radius 2 is 0.900 bits per heavy atom. The van der Waals surface area contributed by atoms with Crippen LogP contribution in [0.15, 0.2) is 176 Å². The molecule has 0 heterocycles. The fourth-order valence-electron chi connectivity index (χ4n) is 8.42. The van der Waals surface area contributed by atoms with E-state index < -0.39 is 0 Å². The van der Waals surface area contributed by atoms with Crippen LogP contribution in [0.1, 0.15) is 25.0 Å². The quantitative estimate of drug-likeness (QED) is 0.174. The number of anilines is 3. The average molecular weight is 638 g/mol. The lowest BCUT2D eigenvalue weighted by Gasteiger charge is -2.27. The molecule has 1 aliphatic carbocycles. The SMILES string of the molecule is CC1(C)c2ccccc2-c2cc(N(c3ccc(-c4ccc5ccccc5c4)cc3)c3ccc4c(ccc5c6ccccc6ccc45)c3)ccc21. The van der Waals surface area contributed by atoms with E-state index in [1.54, 1.807) is 0 Å². The Balaban J connectivity index is 1.13. The topological polar surface area (TPSA) is 3.24 Å². The maximum atomic E-state index is 2.42. The van der Waals surface area contributed by atoms with Gasteiger partial charge in [0.15, 0.2) is 0 Å². The summed E-state index contributed by atoms with van der Waals surface area (Å²) in [5.41, 5.74) is 11.2. The van der Waals surface area contributed by atoms with E-state index >= 15 is 0 Å². The molecule has 10 rings (SSSR count). The minimum atomic E-state index is -0.0367. The first-order valence-corrected chi connectivity index (χ1v) is 17.5. The van der Waals surface area contributed by atoms with E-state index in [1.807, 2.05) is 0 Å². The predicted molar refractivity (Wildman–Crippen MR) is 214 cm³/mol. The van der Waals surface area contributed by atoms with Crippen LogP contribution in [0.2, 0.25) is 0 Å². The van der Waals surface area contributed by atoms with Crippen LogP contribution < -0.4 is 4.90 Å². The molecular formula is C49H35N. The van der Waals surface area contributed by atoms with Crippen molar-refractivity contribution in [3.63, 3.8) is 0 Å². The number of benzene rings is 9. The molecule has 0 radical (unpaired) electrons. The maximum absolute atomic E-state index is 2.42. The van der Waals surface area contributed by atoms with Gasteiger partial charge < -0.3 is 4.90 Å². The lowest BCUT2D eigenvalue weighted by molar-refractivity contribution is 0.660. The maximum Gasteiger partial charge on any atom is 0.0468 e. The summed E-state index contributed by atoms with van der Waals surface area (Å²) in [6.45, 7) is 4.69. The van der Waals surface area contributed by atoms with Gasteiger partial charge in [0, 0.05) is 22.5 Å². The van der Waals surface area contributed by atoms with E-state index in [1.165, 1.54) is 76.5 Å². The van der Waals surface area contributed by atoms with Crippen molar-refractivity contribution in [2.75, 3.05) is 4.90 Å². The van der Waals surface area contributed by atoms with Gasteiger partial charge in [0.25, 0.3) is 0 Å². The first kappa shape index (κ1) is 28.8. The Hall–Kier alpha value is -6.18. The molecule has 1 nitrogen and oxygen atoms in total. The van der Waals surface area contributed by atoms with Crippen LogP contribution >= 0.6 is 0 Å². The Bertz CT molecular complexity index is 2790. The van der Waals surface area contributed by atoms with Crippen LogP contribution in [0, 0.1) is 0 Å². The highest BCUT2D eigenvalue weighted by molar-refractivity contribution is 6.17. The van der Waals surface area contributed by atoms with Crippen LogP contribution in [-0.4, -0.2) is 0 Å². The smallest absolute Gasteiger partial charge is 0.0468 e. The first-order chi connectivity index (χ1) is 24.5. The minimum absolute atomic E-state index is 0.0367. The van der Waals surface area contributed by atoms with Crippen molar-refractivity contribution in [3.8, 4) is 22.3 Å². The fraction of sp³-hybridized carbons (Fsp3) is 0.0612. The minimum Gasteiger partial charge on any atom is -0.310 e. The zero-order chi connectivity index (χ0) is 33.4. The third-order valence-electron chi connectivity index (χ3n) is 11.0. The van der Waals surface area contributed by atoms with Crippen molar-refractivity contribution in [3.05, 3.63) is 187 Å². The van der Waals surface area contributed by atoms with Crippen molar-refractivity contribution >= 4 is 60.2 Å². The van der Waals surface area contributed by atoms with Crippen LogP contribution in [0.4, 0.5) is 17.1 Å². The van der Waals surface area contributed by atoms with Gasteiger partial charge in [-0.15, -0.1) is 0 Å². The fourth-order valence-corrected chi connectivity index (χ4v) is 8.42. The van der Waals surface area contributed by atoms with Gasteiger partial charge in [-0.25, -0.2) is 0 Å². The Morgan fingerprint density at radius 1 is 0.340 bits per heavy atom. The lowest BCUT2D eigenvalue weighted by Crippen LogP contribution is -2.15. The number of rotatable bonds is 4. The Morgan fingerprint density at radius 3 is 1.74 bits per heavy atom. The van der Waals surface area contributed by atoms with Crippen molar-refractivity contribution in [2.45, 2.75) is 19.3 Å². The summed E-state index contributed by atoms with van der Waals surface area (Å²) in [5, 5.41) is 10.2. The summed E-state index contributed by atoms with van der Waals surface area (Å²) in [6.07, 6.45) is 0. The molecule has 0 saturated heterocycles. The molecule has 9 aromatic rings. The van der Waals surface area contributed by atoms with Gasteiger partial charge in [0.05, 0.1) is 0 Å². The molecule has 0 N–H and O–H groups in total. The van der Waals surface area contributed by atoms with Gasteiger partial charge >= 0.3 is 0 Å². The highest BCUT2D eigenvalue weighted by Crippen LogP contribution is 2.50. The second kappa shape index (κ2) is 10.9. The molecule has 0 fully saturated rings. The average Bonchev–Trinajstić information content (AvgIpc) is 3.40. The van der Waals surface area contributed by atoms with Crippen molar-refractivity contribution in [1.29, 1.82) is 0 Å². The summed E-state index contributed by atoms with van der Waals surface area (Å²) in [4.78, 5) is 2.42. The van der Waals surface area contributed by atoms with Crippen LogP contribution in [0.3, 0.4) is 0 Å². The second-order valence-electron chi connectivity index (χ2n) is 14.2. The monoisotopic (exact) mass is 637 g/mol. The van der Waals surface area contributed by atoms with Gasteiger partial charge in [-0.1, -0.05) is 147 Å². The van der Waals surface area contributed by atoms with Crippen molar-refractivity contribution in [2.24, 2.45) is 0 Å². The molecule has 0 atom stereocenters. The summed E-state index contributed by atoms with van der Waals surface area (Å²) >= 11 is 0. The third-order valence-corrected chi connectivity index (χ3v) is 11.0. The van der Waals surface area contributed by atoms with Crippen molar-refractivity contribution < 1.29 is 0 Å². The molecule has 1 aliphatic rings. The van der Waals surface area contributed by atoms with E-state index in [9.17, 15) is 0 Å². The number of nitrogens with zero attached hydrogens (tertiary/aromatic N) is 1. The van der Waals surface area contributed by atoms with Crippen molar-refractivity contribution in [1.82, 2.24) is 0 Å². The molecule has 0 saturated carbocycles. The normalized spacial score (nSPS) is 13.2. The van der Waals surface area contributed by atoms with E-state index in [4.69, 9.17) is 0 Å². The number of hydrogen-bond donors (Lipinski definition) is 0. The first-order valence-electron chi connectivity index (χ1n) is 17.5. The molecular weight excluding hydrogens is 603 g/mol.